The summed E-state index contributed by atoms with van der Waals surface area (Å²) in [7, 11) is 1.70. The minimum atomic E-state index is -1.21. The number of hydrogen-bond acceptors (Lipinski definition) is 4. The van der Waals surface area contributed by atoms with Crippen LogP contribution in [-0.2, 0) is 11.2 Å². The Morgan fingerprint density at radius 2 is 2.03 bits per heavy atom. The van der Waals surface area contributed by atoms with E-state index in [1.807, 2.05) is 16.7 Å². The quantitative estimate of drug-likeness (QED) is 0.701. The molecular formula is C23H26ClNO5. The number of rotatable bonds is 7. The molecule has 30 heavy (non-hydrogen) atoms. The number of hydrogen-bond donors (Lipinski definition) is 1. The van der Waals surface area contributed by atoms with Crippen molar-refractivity contribution in [3.63, 3.8) is 0 Å². The van der Waals surface area contributed by atoms with Crippen molar-refractivity contribution in [3.05, 3.63) is 50.8 Å². The molecule has 4 rings (SSSR count). The van der Waals surface area contributed by atoms with Crippen LogP contribution >= 0.6 is 11.6 Å². The minimum absolute atomic E-state index is 0.0310. The molecule has 1 fully saturated rings. The van der Waals surface area contributed by atoms with Gasteiger partial charge < -0.3 is 19.1 Å². The van der Waals surface area contributed by atoms with Gasteiger partial charge in [0.05, 0.1) is 23.9 Å². The molecule has 1 N–H and O–H groups in total. The summed E-state index contributed by atoms with van der Waals surface area (Å²) in [4.78, 5) is 23.9. The Kier molecular flexibility index (Phi) is 5.41. The molecule has 160 valence electrons. The van der Waals surface area contributed by atoms with Crippen LogP contribution in [0.3, 0.4) is 0 Å². The topological polar surface area (TPSA) is 77.8 Å². The van der Waals surface area contributed by atoms with Gasteiger partial charge in [-0.1, -0.05) is 25.4 Å². The molecule has 7 heteroatoms. The van der Waals surface area contributed by atoms with Crippen molar-refractivity contribution < 1.29 is 19.4 Å². The summed E-state index contributed by atoms with van der Waals surface area (Å²) in [6, 6.07) is 5.23. The van der Waals surface area contributed by atoms with Crippen molar-refractivity contribution in [2.24, 2.45) is 11.3 Å². The number of nitrogens with zero attached hydrogens (tertiary/aromatic N) is 1. The predicted octanol–water partition coefficient (Wildman–Crippen LogP) is 4.43. The molecule has 1 saturated carbocycles. The van der Waals surface area contributed by atoms with Crippen LogP contribution in [0.15, 0.2) is 29.2 Å². The van der Waals surface area contributed by atoms with Crippen LogP contribution in [0.5, 0.6) is 5.75 Å². The first-order valence-electron chi connectivity index (χ1n) is 10.2. The standard InChI is InChI=1S/C23H26ClNO5/c1-13(2)18-6-14-7-21(30-12-23(4-5-23)11-29-3)17(24)8-15(14)19-9-20(26)16(22(27)28)10-25(18)19/h7-10,13,18H,4-6,11-12H2,1-3H3,(H,27,28). The lowest BCUT2D eigenvalue weighted by molar-refractivity contribution is 0.0694. The number of benzene rings is 1. The van der Waals surface area contributed by atoms with Gasteiger partial charge in [0.2, 0.25) is 0 Å². The van der Waals surface area contributed by atoms with Crippen LogP contribution in [0, 0.1) is 11.3 Å². The van der Waals surface area contributed by atoms with Crippen molar-refractivity contribution in [1.29, 1.82) is 0 Å². The molecule has 1 aliphatic heterocycles. The number of methoxy groups -OCH3 is 1. The van der Waals surface area contributed by atoms with Gasteiger partial charge >= 0.3 is 5.97 Å². The Labute approximate surface area is 180 Å². The van der Waals surface area contributed by atoms with Gasteiger partial charge in [-0.25, -0.2) is 4.79 Å². The van der Waals surface area contributed by atoms with Crippen molar-refractivity contribution in [1.82, 2.24) is 4.57 Å². The molecule has 6 nitrogen and oxygen atoms in total. The largest absolute Gasteiger partial charge is 0.491 e. The molecule has 2 aliphatic rings. The maximum absolute atomic E-state index is 12.4. The highest BCUT2D eigenvalue weighted by Gasteiger charge is 2.43. The summed E-state index contributed by atoms with van der Waals surface area (Å²) < 4.78 is 13.3. The molecule has 2 heterocycles. The first kappa shape index (κ1) is 20.9. The van der Waals surface area contributed by atoms with Gasteiger partial charge in [-0.15, -0.1) is 0 Å². The summed E-state index contributed by atoms with van der Waals surface area (Å²) in [6.07, 6.45) is 4.34. The van der Waals surface area contributed by atoms with E-state index in [-0.39, 0.29) is 22.9 Å². The summed E-state index contributed by atoms with van der Waals surface area (Å²) in [5, 5.41) is 9.85. The van der Waals surface area contributed by atoms with Crippen LogP contribution in [0.2, 0.25) is 5.02 Å². The molecule has 1 aliphatic carbocycles. The van der Waals surface area contributed by atoms with Crippen molar-refractivity contribution in [2.45, 2.75) is 39.2 Å². The van der Waals surface area contributed by atoms with Gasteiger partial charge in [0, 0.05) is 36.4 Å². The molecule has 0 saturated heterocycles. The number of pyridine rings is 1. The van der Waals surface area contributed by atoms with E-state index in [0.29, 0.717) is 36.1 Å². The number of carboxylic acids is 1. The molecule has 2 aromatic rings. The number of fused-ring (bicyclic) bond motifs is 3. The zero-order valence-electron chi connectivity index (χ0n) is 17.4. The average molecular weight is 432 g/mol. The lowest BCUT2D eigenvalue weighted by Gasteiger charge is -2.33. The minimum Gasteiger partial charge on any atom is -0.491 e. The summed E-state index contributed by atoms with van der Waals surface area (Å²) >= 11 is 6.54. The molecule has 0 bridgehead atoms. The van der Waals surface area contributed by atoms with Gasteiger partial charge in [-0.05, 0) is 42.9 Å². The highest BCUT2D eigenvalue weighted by molar-refractivity contribution is 6.32. The molecule has 1 unspecified atom stereocenters. The Morgan fingerprint density at radius 3 is 2.63 bits per heavy atom. The number of aromatic nitrogens is 1. The summed E-state index contributed by atoms with van der Waals surface area (Å²) in [5.41, 5.74) is 1.95. The first-order chi connectivity index (χ1) is 14.2. The molecule has 0 radical (unpaired) electrons. The SMILES string of the molecule is COCC1(COc2cc3c(cc2Cl)-c2cc(=O)c(C(=O)O)cn2C(C(C)C)C3)CC1. The van der Waals surface area contributed by atoms with Crippen LogP contribution in [0.1, 0.15) is 48.7 Å². The van der Waals surface area contributed by atoms with Gasteiger partial charge in [0.15, 0.2) is 5.43 Å². The Balaban J connectivity index is 1.74. The first-order valence-corrected chi connectivity index (χ1v) is 10.6. The predicted molar refractivity (Wildman–Crippen MR) is 115 cm³/mol. The van der Waals surface area contributed by atoms with Crippen LogP contribution < -0.4 is 10.2 Å². The van der Waals surface area contributed by atoms with E-state index < -0.39 is 11.4 Å². The second kappa shape index (κ2) is 7.75. The molecule has 0 spiro atoms. The Morgan fingerprint density at radius 1 is 1.30 bits per heavy atom. The molecule has 1 aromatic carbocycles. The van der Waals surface area contributed by atoms with Crippen molar-refractivity contribution in [3.8, 4) is 17.0 Å². The third-order valence-electron chi connectivity index (χ3n) is 6.24. The zero-order chi connectivity index (χ0) is 21.6. The maximum Gasteiger partial charge on any atom is 0.341 e. The van der Waals surface area contributed by atoms with E-state index >= 15 is 0 Å². The Hall–Kier alpha value is -2.31. The monoisotopic (exact) mass is 431 g/mol. The number of carbonyl (C=O) groups is 1. The maximum atomic E-state index is 12.4. The van der Waals surface area contributed by atoms with Crippen LogP contribution in [0.25, 0.3) is 11.3 Å². The third-order valence-corrected chi connectivity index (χ3v) is 6.54. The van der Waals surface area contributed by atoms with E-state index in [9.17, 15) is 14.7 Å². The van der Waals surface area contributed by atoms with E-state index in [2.05, 4.69) is 13.8 Å². The second-order valence-electron chi connectivity index (χ2n) is 8.83. The normalized spacial score (nSPS) is 18.6. The number of ether oxygens (including phenoxy) is 2. The summed E-state index contributed by atoms with van der Waals surface area (Å²) in [6.45, 7) is 5.41. The van der Waals surface area contributed by atoms with Crippen molar-refractivity contribution >= 4 is 17.6 Å². The van der Waals surface area contributed by atoms with Gasteiger partial charge in [-0.3, -0.25) is 4.79 Å². The average Bonchev–Trinajstić information content (AvgIpc) is 3.45. The van der Waals surface area contributed by atoms with Crippen molar-refractivity contribution in [2.75, 3.05) is 20.3 Å². The summed E-state index contributed by atoms with van der Waals surface area (Å²) in [5.74, 6) is -0.328. The Bertz CT molecular complexity index is 1050. The van der Waals surface area contributed by atoms with Gasteiger partial charge in [0.1, 0.15) is 11.3 Å². The molecule has 0 amide bonds. The highest BCUT2D eigenvalue weighted by atomic mass is 35.5. The zero-order valence-corrected chi connectivity index (χ0v) is 18.2. The molecular weight excluding hydrogens is 406 g/mol. The lowest BCUT2D eigenvalue weighted by Crippen LogP contribution is -2.28. The van der Waals surface area contributed by atoms with Gasteiger partial charge in [-0.2, -0.15) is 0 Å². The van der Waals surface area contributed by atoms with E-state index in [1.54, 1.807) is 7.11 Å². The number of halogens is 1. The molecule has 1 aromatic heterocycles. The van der Waals surface area contributed by atoms with Crippen LogP contribution in [0.4, 0.5) is 0 Å². The fourth-order valence-corrected chi connectivity index (χ4v) is 4.46. The van der Waals surface area contributed by atoms with Crippen LogP contribution in [-0.4, -0.2) is 36.0 Å². The molecule has 1 atom stereocenters. The smallest absolute Gasteiger partial charge is 0.341 e. The van der Waals surface area contributed by atoms with E-state index in [1.165, 1.54) is 12.3 Å². The van der Waals surface area contributed by atoms with E-state index in [4.69, 9.17) is 21.1 Å². The number of carboxylic acid groups (broad SMARTS) is 1. The number of aromatic carboxylic acids is 1. The highest BCUT2D eigenvalue weighted by Crippen LogP contribution is 2.47. The fraction of sp³-hybridized carbons (Fsp3) is 0.478. The van der Waals surface area contributed by atoms with Gasteiger partial charge in [0.25, 0.3) is 0 Å². The third kappa shape index (κ3) is 3.74. The second-order valence-corrected chi connectivity index (χ2v) is 9.23. The van der Waals surface area contributed by atoms with E-state index in [0.717, 1.165) is 24.0 Å². The lowest BCUT2D eigenvalue weighted by atomic mass is 9.87. The fourth-order valence-electron chi connectivity index (χ4n) is 4.24.